The van der Waals surface area contributed by atoms with Crippen LogP contribution in [0, 0.1) is 29.1 Å². The molecule has 0 unspecified atom stereocenters. The van der Waals surface area contributed by atoms with Crippen molar-refractivity contribution in [2.75, 3.05) is 0 Å². The molecule has 1 aromatic rings. The molecule has 3 aliphatic carbocycles. The summed E-state index contributed by atoms with van der Waals surface area (Å²) in [5.74, 6) is 3.70. The van der Waals surface area contributed by atoms with E-state index < -0.39 is 0 Å². The van der Waals surface area contributed by atoms with Gasteiger partial charge in [0, 0.05) is 0 Å². The van der Waals surface area contributed by atoms with Crippen LogP contribution in [0.3, 0.4) is 0 Å². The molecule has 2 fully saturated rings. The summed E-state index contributed by atoms with van der Waals surface area (Å²) in [5, 5.41) is 20.2. The highest BCUT2D eigenvalue weighted by molar-refractivity contribution is 5.40. The third kappa shape index (κ3) is 2.33. The highest BCUT2D eigenvalue weighted by atomic mass is 16.3. The van der Waals surface area contributed by atoms with Gasteiger partial charge in [-0.25, -0.2) is 0 Å². The Bertz CT molecular complexity index is 608. The Labute approximate surface area is 139 Å². The third-order valence-electron chi connectivity index (χ3n) is 7.41. The minimum absolute atomic E-state index is 0.0993. The fourth-order valence-electron chi connectivity index (χ4n) is 6.38. The molecule has 1 aromatic carbocycles. The van der Waals surface area contributed by atoms with E-state index in [9.17, 15) is 10.2 Å². The Hall–Kier alpha value is -1.02. The Morgan fingerprint density at radius 1 is 1.26 bits per heavy atom. The molecule has 23 heavy (non-hydrogen) atoms. The number of benzene rings is 1. The second-order valence-corrected chi connectivity index (χ2v) is 9.07. The molecule has 0 radical (unpaired) electrons. The van der Waals surface area contributed by atoms with Crippen LogP contribution in [-0.4, -0.2) is 16.3 Å². The van der Waals surface area contributed by atoms with E-state index >= 15 is 0 Å². The van der Waals surface area contributed by atoms with Crippen LogP contribution in [0.2, 0.25) is 0 Å². The molecule has 0 heterocycles. The van der Waals surface area contributed by atoms with Gasteiger partial charge in [0.1, 0.15) is 5.75 Å². The van der Waals surface area contributed by atoms with Gasteiger partial charge in [-0.3, -0.25) is 0 Å². The van der Waals surface area contributed by atoms with E-state index in [0.717, 1.165) is 19.3 Å². The van der Waals surface area contributed by atoms with Crippen LogP contribution in [0.15, 0.2) is 18.2 Å². The van der Waals surface area contributed by atoms with E-state index in [2.05, 4.69) is 26.8 Å². The van der Waals surface area contributed by atoms with Gasteiger partial charge in [0.15, 0.2) is 0 Å². The van der Waals surface area contributed by atoms with Gasteiger partial charge in [0.2, 0.25) is 0 Å². The number of hydrogen-bond donors (Lipinski definition) is 2. The van der Waals surface area contributed by atoms with E-state index in [0.29, 0.717) is 40.8 Å². The average molecular weight is 314 g/mol. The number of aliphatic hydroxyl groups excluding tert-OH is 1. The molecule has 2 saturated carbocycles. The summed E-state index contributed by atoms with van der Waals surface area (Å²) < 4.78 is 0. The van der Waals surface area contributed by atoms with Crippen LogP contribution < -0.4 is 0 Å². The number of fused-ring (bicyclic) bond motifs is 5. The van der Waals surface area contributed by atoms with Gasteiger partial charge in [0.05, 0.1) is 6.10 Å². The predicted octanol–water partition coefficient (Wildman–Crippen LogP) is 4.49. The van der Waals surface area contributed by atoms with Gasteiger partial charge in [0.25, 0.3) is 0 Å². The average Bonchev–Trinajstić information content (AvgIpc) is 2.79. The molecule has 126 valence electrons. The smallest absolute Gasteiger partial charge is 0.115 e. The first-order valence-electron chi connectivity index (χ1n) is 9.39. The number of aromatic hydroxyl groups is 1. The maximum Gasteiger partial charge on any atom is 0.115 e. The van der Waals surface area contributed by atoms with E-state index in [1.807, 2.05) is 12.1 Å². The minimum Gasteiger partial charge on any atom is -0.508 e. The fourth-order valence-corrected chi connectivity index (χ4v) is 6.38. The lowest BCUT2D eigenvalue weighted by Gasteiger charge is -2.53. The van der Waals surface area contributed by atoms with Gasteiger partial charge >= 0.3 is 0 Å². The monoisotopic (exact) mass is 314 g/mol. The Balaban J connectivity index is 1.79. The first kappa shape index (κ1) is 15.5. The van der Waals surface area contributed by atoms with Crippen molar-refractivity contribution in [1.82, 2.24) is 0 Å². The Morgan fingerprint density at radius 3 is 2.78 bits per heavy atom. The normalized spacial score (nSPS) is 42.2. The quantitative estimate of drug-likeness (QED) is 0.801. The van der Waals surface area contributed by atoms with Crippen LogP contribution in [0.4, 0.5) is 0 Å². The maximum absolute atomic E-state index is 10.3. The van der Waals surface area contributed by atoms with E-state index in [4.69, 9.17) is 0 Å². The Morgan fingerprint density at radius 2 is 2.04 bits per heavy atom. The van der Waals surface area contributed by atoms with Crippen molar-refractivity contribution in [3.05, 3.63) is 29.3 Å². The largest absolute Gasteiger partial charge is 0.508 e. The van der Waals surface area contributed by atoms with Gasteiger partial charge in [-0.2, -0.15) is 0 Å². The van der Waals surface area contributed by atoms with Crippen LogP contribution >= 0.6 is 0 Å². The van der Waals surface area contributed by atoms with Crippen molar-refractivity contribution in [3.8, 4) is 5.75 Å². The summed E-state index contributed by atoms with van der Waals surface area (Å²) >= 11 is 0. The maximum atomic E-state index is 10.3. The van der Waals surface area contributed by atoms with Crippen molar-refractivity contribution in [1.29, 1.82) is 0 Å². The lowest BCUT2D eigenvalue weighted by Crippen LogP contribution is -2.45. The van der Waals surface area contributed by atoms with Crippen LogP contribution in [0.5, 0.6) is 5.75 Å². The van der Waals surface area contributed by atoms with Crippen LogP contribution in [-0.2, 0) is 6.42 Å². The molecule has 0 spiro atoms. The summed E-state index contributed by atoms with van der Waals surface area (Å²) in [6.07, 6.45) is 5.46. The highest BCUT2D eigenvalue weighted by Crippen LogP contribution is 2.63. The zero-order chi connectivity index (χ0) is 16.4. The summed E-state index contributed by atoms with van der Waals surface area (Å²) in [6, 6.07) is 6.04. The van der Waals surface area contributed by atoms with Crippen molar-refractivity contribution in [2.45, 2.75) is 64.9 Å². The number of rotatable bonds is 1. The zero-order valence-electron chi connectivity index (χ0n) is 14.6. The molecule has 2 heteroatoms. The van der Waals surface area contributed by atoms with E-state index in [1.54, 1.807) is 0 Å². The Kier molecular flexibility index (Phi) is 3.53. The highest BCUT2D eigenvalue weighted by Gasteiger charge is 2.55. The van der Waals surface area contributed by atoms with Crippen molar-refractivity contribution in [2.24, 2.45) is 29.1 Å². The number of hydrogen-bond acceptors (Lipinski definition) is 2. The summed E-state index contributed by atoms with van der Waals surface area (Å²) in [5.41, 5.74) is 3.18. The molecule has 6 atom stereocenters. The molecule has 0 saturated heterocycles. The molecule has 4 rings (SSSR count). The van der Waals surface area contributed by atoms with Gasteiger partial charge in [-0.05, 0) is 90.4 Å². The summed E-state index contributed by atoms with van der Waals surface area (Å²) in [6.45, 7) is 7.13. The molecule has 0 bridgehead atoms. The molecule has 3 aliphatic rings. The fraction of sp³-hybridized carbons (Fsp3) is 0.714. The lowest BCUT2D eigenvalue weighted by molar-refractivity contribution is 0.0112. The topological polar surface area (TPSA) is 40.5 Å². The van der Waals surface area contributed by atoms with E-state index in [-0.39, 0.29) is 6.10 Å². The second-order valence-electron chi connectivity index (χ2n) is 9.07. The standard InChI is InChI=1S/C21H30O2/c1-12(2)18-9-13-8-14(22)4-5-16(13)17-6-7-21(3)11-15(23)10-19(21)20(17)18/h4-5,8,12,15,17-20,22-23H,6-7,9-11H2,1-3H3/t15-,17-,18+,19+,20+,21-/m1/s1. The summed E-state index contributed by atoms with van der Waals surface area (Å²) in [7, 11) is 0. The third-order valence-corrected chi connectivity index (χ3v) is 7.41. The molecular weight excluding hydrogens is 284 g/mol. The molecule has 2 N–H and O–H groups in total. The second kappa shape index (κ2) is 5.24. The van der Waals surface area contributed by atoms with Gasteiger partial charge in [-0.1, -0.05) is 26.8 Å². The van der Waals surface area contributed by atoms with Crippen molar-refractivity contribution < 1.29 is 10.2 Å². The molecule has 0 aromatic heterocycles. The van der Waals surface area contributed by atoms with Crippen molar-refractivity contribution >= 4 is 0 Å². The minimum atomic E-state index is -0.0993. The van der Waals surface area contributed by atoms with Gasteiger partial charge < -0.3 is 10.2 Å². The van der Waals surface area contributed by atoms with Crippen LogP contribution in [0.1, 0.15) is 63.5 Å². The van der Waals surface area contributed by atoms with Crippen molar-refractivity contribution in [3.63, 3.8) is 0 Å². The van der Waals surface area contributed by atoms with E-state index in [1.165, 1.54) is 24.0 Å². The first-order chi connectivity index (χ1) is 10.9. The molecule has 2 nitrogen and oxygen atoms in total. The molecular formula is C21H30O2. The number of aliphatic hydroxyl groups is 1. The number of phenols is 1. The summed E-state index contributed by atoms with van der Waals surface area (Å²) in [4.78, 5) is 0. The molecule has 0 aliphatic heterocycles. The molecule has 0 amide bonds. The predicted molar refractivity (Wildman–Crippen MR) is 92.4 cm³/mol. The lowest BCUT2D eigenvalue weighted by atomic mass is 9.51. The van der Waals surface area contributed by atoms with Gasteiger partial charge in [-0.15, -0.1) is 0 Å². The first-order valence-corrected chi connectivity index (χ1v) is 9.39. The SMILES string of the molecule is CC(C)[C@@H]1Cc2cc(O)ccc2[C@H]2CC[C@]3(C)C[C@H](O)C[C@H]3[C@@H]21. The zero-order valence-corrected chi connectivity index (χ0v) is 14.6. The van der Waals surface area contributed by atoms with Crippen LogP contribution in [0.25, 0.3) is 0 Å². The number of phenolic OH excluding ortho intramolecular Hbond substituents is 1.